The molecule has 2 heteroatoms. The quantitative estimate of drug-likeness (QED) is 0.734. The molecular formula is C15H22BrN. The van der Waals surface area contributed by atoms with Gasteiger partial charge in [0.15, 0.2) is 0 Å². The van der Waals surface area contributed by atoms with E-state index in [0.29, 0.717) is 0 Å². The number of hydrogen-bond donors (Lipinski definition) is 0. The molecule has 94 valence electrons. The van der Waals surface area contributed by atoms with Gasteiger partial charge in [0.2, 0.25) is 0 Å². The van der Waals surface area contributed by atoms with E-state index in [9.17, 15) is 0 Å². The van der Waals surface area contributed by atoms with Crippen molar-refractivity contribution in [1.82, 2.24) is 0 Å². The van der Waals surface area contributed by atoms with Crippen molar-refractivity contribution in [3.8, 4) is 0 Å². The molecule has 1 aromatic rings. The molecule has 0 spiro atoms. The molecule has 2 rings (SSSR count). The molecule has 0 saturated heterocycles. The zero-order valence-electron chi connectivity index (χ0n) is 10.7. The van der Waals surface area contributed by atoms with Crippen molar-refractivity contribution in [3.63, 3.8) is 0 Å². The molecular weight excluding hydrogens is 274 g/mol. The molecule has 1 aromatic carbocycles. The molecule has 0 unspecified atom stereocenters. The molecule has 1 aliphatic rings. The summed E-state index contributed by atoms with van der Waals surface area (Å²) in [5.74, 6) is 0.907. The minimum Gasteiger partial charge on any atom is -0.374 e. The fourth-order valence-corrected chi connectivity index (χ4v) is 3.08. The molecule has 17 heavy (non-hydrogen) atoms. The van der Waals surface area contributed by atoms with Crippen LogP contribution in [0, 0.1) is 5.92 Å². The van der Waals surface area contributed by atoms with Gasteiger partial charge in [-0.25, -0.2) is 0 Å². The summed E-state index contributed by atoms with van der Waals surface area (Å²) in [6.07, 6.45) is 7.15. The van der Waals surface area contributed by atoms with Gasteiger partial charge < -0.3 is 4.90 Å². The van der Waals surface area contributed by atoms with Crippen molar-refractivity contribution < 1.29 is 0 Å². The summed E-state index contributed by atoms with van der Waals surface area (Å²) in [6, 6.07) is 8.89. The smallest absolute Gasteiger partial charge is 0.0363 e. The minimum atomic E-state index is 0.907. The Hall–Kier alpha value is -0.500. The van der Waals surface area contributed by atoms with E-state index in [1.165, 1.54) is 49.9 Å². The second-order valence-electron chi connectivity index (χ2n) is 5.18. The zero-order valence-corrected chi connectivity index (χ0v) is 12.2. The SMILES string of the molecule is CN(CC1CCCCC1)c1ccc(CBr)cc1. The van der Waals surface area contributed by atoms with Gasteiger partial charge in [0.1, 0.15) is 0 Å². The first-order chi connectivity index (χ1) is 8.29. The van der Waals surface area contributed by atoms with Gasteiger partial charge in [-0.05, 0) is 36.5 Å². The van der Waals surface area contributed by atoms with Crippen LogP contribution in [0.5, 0.6) is 0 Å². The third-order valence-electron chi connectivity index (χ3n) is 3.79. The van der Waals surface area contributed by atoms with E-state index in [1.807, 2.05) is 0 Å². The van der Waals surface area contributed by atoms with Gasteiger partial charge in [0.25, 0.3) is 0 Å². The molecule has 0 N–H and O–H groups in total. The van der Waals surface area contributed by atoms with Crippen molar-refractivity contribution in [2.45, 2.75) is 37.4 Å². The Labute approximate surface area is 113 Å². The third-order valence-corrected chi connectivity index (χ3v) is 4.44. The van der Waals surface area contributed by atoms with Gasteiger partial charge in [-0.3, -0.25) is 0 Å². The summed E-state index contributed by atoms with van der Waals surface area (Å²) in [7, 11) is 2.22. The molecule has 0 radical (unpaired) electrons. The van der Waals surface area contributed by atoms with Crippen LogP contribution < -0.4 is 4.90 Å². The van der Waals surface area contributed by atoms with Crippen molar-refractivity contribution in [1.29, 1.82) is 0 Å². The lowest BCUT2D eigenvalue weighted by Crippen LogP contribution is -2.26. The third kappa shape index (κ3) is 3.74. The van der Waals surface area contributed by atoms with Gasteiger partial charge in [0, 0.05) is 24.6 Å². The van der Waals surface area contributed by atoms with Crippen molar-refractivity contribution >= 4 is 21.6 Å². The number of hydrogen-bond acceptors (Lipinski definition) is 1. The van der Waals surface area contributed by atoms with Crippen molar-refractivity contribution in [2.75, 3.05) is 18.5 Å². The predicted octanol–water partition coefficient (Wildman–Crippen LogP) is 4.60. The fourth-order valence-electron chi connectivity index (χ4n) is 2.70. The lowest BCUT2D eigenvalue weighted by Gasteiger charge is -2.28. The summed E-state index contributed by atoms with van der Waals surface area (Å²) in [6.45, 7) is 1.22. The van der Waals surface area contributed by atoms with E-state index in [0.717, 1.165) is 11.2 Å². The van der Waals surface area contributed by atoms with Crippen LogP contribution in [0.2, 0.25) is 0 Å². The van der Waals surface area contributed by atoms with E-state index in [4.69, 9.17) is 0 Å². The molecule has 0 bridgehead atoms. The fraction of sp³-hybridized carbons (Fsp3) is 0.600. The summed E-state index contributed by atoms with van der Waals surface area (Å²) in [4.78, 5) is 2.41. The monoisotopic (exact) mass is 295 g/mol. The number of rotatable bonds is 4. The Kier molecular flexibility index (Phi) is 4.90. The molecule has 1 aliphatic carbocycles. The number of anilines is 1. The molecule has 0 atom stereocenters. The molecule has 1 saturated carbocycles. The highest BCUT2D eigenvalue weighted by molar-refractivity contribution is 9.08. The molecule has 0 aliphatic heterocycles. The van der Waals surface area contributed by atoms with Gasteiger partial charge in [-0.1, -0.05) is 47.3 Å². The lowest BCUT2D eigenvalue weighted by atomic mass is 9.89. The van der Waals surface area contributed by atoms with E-state index >= 15 is 0 Å². The highest BCUT2D eigenvalue weighted by Gasteiger charge is 2.15. The number of halogens is 1. The Balaban J connectivity index is 1.91. The van der Waals surface area contributed by atoms with Crippen LogP contribution in [-0.4, -0.2) is 13.6 Å². The Morgan fingerprint density at radius 3 is 2.35 bits per heavy atom. The first kappa shape index (κ1) is 12.9. The predicted molar refractivity (Wildman–Crippen MR) is 78.9 cm³/mol. The molecule has 0 amide bonds. The summed E-state index contributed by atoms with van der Waals surface area (Å²) in [5, 5.41) is 0.944. The zero-order chi connectivity index (χ0) is 12.1. The van der Waals surface area contributed by atoms with Crippen LogP contribution in [-0.2, 0) is 5.33 Å². The van der Waals surface area contributed by atoms with Crippen LogP contribution in [0.15, 0.2) is 24.3 Å². The van der Waals surface area contributed by atoms with E-state index in [1.54, 1.807) is 0 Å². The highest BCUT2D eigenvalue weighted by Crippen LogP contribution is 2.26. The molecule has 0 heterocycles. The average Bonchev–Trinajstić information content (AvgIpc) is 2.40. The second-order valence-corrected chi connectivity index (χ2v) is 5.75. The maximum absolute atomic E-state index is 3.49. The van der Waals surface area contributed by atoms with Crippen LogP contribution in [0.25, 0.3) is 0 Å². The summed E-state index contributed by atoms with van der Waals surface area (Å²) < 4.78 is 0. The highest BCUT2D eigenvalue weighted by atomic mass is 79.9. The molecule has 0 aromatic heterocycles. The Morgan fingerprint density at radius 1 is 1.12 bits per heavy atom. The number of benzene rings is 1. The van der Waals surface area contributed by atoms with Gasteiger partial charge in [-0.2, -0.15) is 0 Å². The number of nitrogens with zero attached hydrogens (tertiary/aromatic N) is 1. The second kappa shape index (κ2) is 6.44. The van der Waals surface area contributed by atoms with E-state index in [-0.39, 0.29) is 0 Å². The van der Waals surface area contributed by atoms with Gasteiger partial charge in [-0.15, -0.1) is 0 Å². The van der Waals surface area contributed by atoms with Crippen LogP contribution in [0.3, 0.4) is 0 Å². The maximum atomic E-state index is 3.49. The largest absolute Gasteiger partial charge is 0.374 e. The topological polar surface area (TPSA) is 3.24 Å². The Morgan fingerprint density at radius 2 is 1.76 bits per heavy atom. The number of alkyl halides is 1. The van der Waals surface area contributed by atoms with Crippen LogP contribution in [0.1, 0.15) is 37.7 Å². The first-order valence-electron chi connectivity index (χ1n) is 6.65. The van der Waals surface area contributed by atoms with Crippen LogP contribution >= 0.6 is 15.9 Å². The first-order valence-corrected chi connectivity index (χ1v) is 7.78. The summed E-state index contributed by atoms with van der Waals surface area (Å²) >= 11 is 3.49. The van der Waals surface area contributed by atoms with Gasteiger partial charge >= 0.3 is 0 Å². The lowest BCUT2D eigenvalue weighted by molar-refractivity contribution is 0.362. The Bertz CT molecular complexity index is 327. The van der Waals surface area contributed by atoms with E-state index in [2.05, 4.69) is 52.1 Å². The van der Waals surface area contributed by atoms with Crippen molar-refractivity contribution in [3.05, 3.63) is 29.8 Å². The van der Waals surface area contributed by atoms with E-state index < -0.39 is 0 Å². The van der Waals surface area contributed by atoms with Crippen molar-refractivity contribution in [2.24, 2.45) is 5.92 Å². The maximum Gasteiger partial charge on any atom is 0.0363 e. The molecule has 1 fully saturated rings. The van der Waals surface area contributed by atoms with Crippen LogP contribution in [0.4, 0.5) is 5.69 Å². The normalized spacial score (nSPS) is 17.1. The minimum absolute atomic E-state index is 0.907. The average molecular weight is 296 g/mol. The van der Waals surface area contributed by atoms with Gasteiger partial charge in [0.05, 0.1) is 0 Å². The standard InChI is InChI=1S/C15H22BrN/c1-17(12-14-5-3-2-4-6-14)15-9-7-13(11-16)8-10-15/h7-10,14H,2-6,11-12H2,1H3. The molecule has 1 nitrogen and oxygen atoms in total. The summed E-state index contributed by atoms with van der Waals surface area (Å²) in [5.41, 5.74) is 2.69.